The van der Waals surface area contributed by atoms with Crippen molar-refractivity contribution < 1.29 is 4.79 Å². The van der Waals surface area contributed by atoms with E-state index in [0.717, 1.165) is 37.0 Å². The highest BCUT2D eigenvalue weighted by Gasteiger charge is 2.30. The maximum Gasteiger partial charge on any atom is 0.221 e. The summed E-state index contributed by atoms with van der Waals surface area (Å²) in [6.45, 7) is 9.14. The highest BCUT2D eigenvalue weighted by Crippen LogP contribution is 2.36. The normalized spacial score (nSPS) is 19.9. The van der Waals surface area contributed by atoms with Gasteiger partial charge in [-0.1, -0.05) is 23.7 Å². The zero-order valence-corrected chi connectivity index (χ0v) is 21.7. The number of benzene rings is 1. The van der Waals surface area contributed by atoms with Crippen LogP contribution in [-0.2, 0) is 4.79 Å². The zero-order chi connectivity index (χ0) is 21.2. The fraction of sp³-hybridized carbons (Fsp3) is 0.636. The molecule has 1 fully saturated rings. The Kier molecular flexibility index (Phi) is 12.7. The molecule has 0 spiro atoms. The molecule has 1 aliphatic heterocycles. The minimum absolute atomic E-state index is 0. The second kappa shape index (κ2) is 14.1. The Morgan fingerprint density at radius 3 is 2.77 bits per heavy atom. The van der Waals surface area contributed by atoms with E-state index in [-0.39, 0.29) is 35.9 Å². The number of guanidine groups is 1. The van der Waals surface area contributed by atoms with Gasteiger partial charge in [0, 0.05) is 43.2 Å². The summed E-state index contributed by atoms with van der Waals surface area (Å²) in [5.41, 5.74) is 1.25. The Morgan fingerprint density at radius 1 is 1.33 bits per heavy atom. The zero-order valence-electron chi connectivity index (χ0n) is 18.6. The first-order chi connectivity index (χ1) is 13.9. The van der Waals surface area contributed by atoms with Crippen LogP contribution in [0.5, 0.6) is 0 Å². The third kappa shape index (κ3) is 8.98. The maximum absolute atomic E-state index is 11.8. The smallest absolute Gasteiger partial charge is 0.221 e. The summed E-state index contributed by atoms with van der Waals surface area (Å²) < 4.78 is 0. The fourth-order valence-corrected chi connectivity index (χ4v) is 4.11. The van der Waals surface area contributed by atoms with E-state index in [9.17, 15) is 4.79 Å². The molecule has 30 heavy (non-hydrogen) atoms. The summed E-state index contributed by atoms with van der Waals surface area (Å²) >= 11 is 6.24. The van der Waals surface area contributed by atoms with Gasteiger partial charge in [0.2, 0.25) is 5.91 Å². The molecule has 6 nitrogen and oxygen atoms in total. The molecule has 1 aromatic rings. The number of nitrogens with zero attached hydrogens (tertiary/aromatic N) is 2. The lowest BCUT2D eigenvalue weighted by Gasteiger charge is -2.39. The highest BCUT2D eigenvalue weighted by atomic mass is 127. The van der Waals surface area contributed by atoms with Crippen molar-refractivity contribution in [2.75, 3.05) is 33.2 Å². The van der Waals surface area contributed by atoms with Gasteiger partial charge in [-0.25, -0.2) is 0 Å². The number of hydrogen-bond donors (Lipinski definition) is 3. The summed E-state index contributed by atoms with van der Waals surface area (Å²) in [5, 5.41) is 10.3. The van der Waals surface area contributed by atoms with Crippen LogP contribution in [0.2, 0.25) is 5.02 Å². The average molecular weight is 550 g/mol. The fourth-order valence-electron chi connectivity index (χ4n) is 3.91. The van der Waals surface area contributed by atoms with Gasteiger partial charge in [-0.3, -0.25) is 14.7 Å². The van der Waals surface area contributed by atoms with Crippen LogP contribution in [0.3, 0.4) is 0 Å². The number of amides is 1. The third-order valence-electron chi connectivity index (χ3n) is 5.12. The molecule has 3 N–H and O–H groups in total. The minimum Gasteiger partial charge on any atom is -0.357 e. The standard InChI is InChI=1S/C22H36ClN5O.HI/c1-5-24-22(25-12-11-20(29)27-16(2)3)26-15-18-9-7-13-28(4)21(18)17-8-6-10-19(23)14-17;/h6,8,10,14,16,18,21H,5,7,9,11-13,15H2,1-4H3,(H,27,29)(H2,24,25,26);1H. The van der Waals surface area contributed by atoms with E-state index in [1.54, 1.807) is 0 Å². The predicted molar refractivity (Wildman–Crippen MR) is 137 cm³/mol. The Labute approximate surface area is 203 Å². The Balaban J connectivity index is 0.00000450. The van der Waals surface area contributed by atoms with Gasteiger partial charge in [0.15, 0.2) is 5.96 Å². The maximum atomic E-state index is 11.8. The highest BCUT2D eigenvalue weighted by molar-refractivity contribution is 14.0. The second-order valence-electron chi connectivity index (χ2n) is 8.00. The monoisotopic (exact) mass is 549 g/mol. The lowest BCUT2D eigenvalue weighted by molar-refractivity contribution is -0.121. The van der Waals surface area contributed by atoms with E-state index in [2.05, 4.69) is 40.0 Å². The molecule has 1 saturated heterocycles. The number of carbonyl (C=O) groups excluding carboxylic acids is 1. The van der Waals surface area contributed by atoms with Crippen LogP contribution in [0.25, 0.3) is 0 Å². The van der Waals surface area contributed by atoms with E-state index >= 15 is 0 Å². The molecular weight excluding hydrogens is 513 g/mol. The first-order valence-electron chi connectivity index (χ1n) is 10.7. The van der Waals surface area contributed by atoms with Gasteiger partial charge in [0.1, 0.15) is 0 Å². The second-order valence-corrected chi connectivity index (χ2v) is 8.44. The minimum atomic E-state index is 0. The molecule has 1 aromatic carbocycles. The Bertz CT molecular complexity index is 685. The quantitative estimate of drug-likeness (QED) is 0.262. The molecule has 0 aromatic heterocycles. The van der Waals surface area contributed by atoms with Crippen LogP contribution in [0.15, 0.2) is 29.3 Å². The summed E-state index contributed by atoms with van der Waals surface area (Å²) in [6, 6.07) is 8.65. The van der Waals surface area contributed by atoms with Crippen LogP contribution in [0, 0.1) is 5.92 Å². The molecule has 0 bridgehead atoms. The van der Waals surface area contributed by atoms with Crippen molar-refractivity contribution in [2.45, 2.75) is 52.1 Å². The van der Waals surface area contributed by atoms with Gasteiger partial charge in [-0.05, 0) is 70.8 Å². The number of rotatable bonds is 8. The summed E-state index contributed by atoms with van der Waals surface area (Å²) in [7, 11) is 2.18. The van der Waals surface area contributed by atoms with Crippen LogP contribution >= 0.6 is 35.6 Å². The van der Waals surface area contributed by atoms with Crippen molar-refractivity contribution in [3.63, 3.8) is 0 Å². The Morgan fingerprint density at radius 2 is 2.10 bits per heavy atom. The number of aliphatic imine (C=N–C) groups is 1. The molecule has 0 saturated carbocycles. The first kappa shape index (κ1) is 27.0. The van der Waals surface area contributed by atoms with E-state index in [0.29, 0.717) is 24.9 Å². The Hall–Kier alpha value is -1.06. The van der Waals surface area contributed by atoms with Crippen LogP contribution < -0.4 is 16.0 Å². The van der Waals surface area contributed by atoms with Crippen molar-refractivity contribution in [1.82, 2.24) is 20.9 Å². The number of nitrogens with one attached hydrogen (secondary N) is 3. The van der Waals surface area contributed by atoms with E-state index in [4.69, 9.17) is 16.6 Å². The molecule has 1 heterocycles. The number of carbonyl (C=O) groups is 1. The molecule has 0 radical (unpaired) electrons. The van der Waals surface area contributed by atoms with Crippen molar-refractivity contribution in [1.29, 1.82) is 0 Å². The number of halogens is 2. The molecule has 170 valence electrons. The number of likely N-dealkylation sites (tertiary alicyclic amines) is 1. The van der Waals surface area contributed by atoms with E-state index in [1.165, 1.54) is 12.0 Å². The topological polar surface area (TPSA) is 68.8 Å². The molecular formula is C22H37ClIN5O. The molecule has 1 aliphatic rings. The number of piperidine rings is 1. The summed E-state index contributed by atoms with van der Waals surface area (Å²) in [6.07, 6.45) is 2.74. The largest absolute Gasteiger partial charge is 0.357 e. The average Bonchev–Trinajstić information content (AvgIpc) is 2.65. The van der Waals surface area contributed by atoms with Gasteiger partial charge >= 0.3 is 0 Å². The molecule has 2 unspecified atom stereocenters. The summed E-state index contributed by atoms with van der Waals surface area (Å²) in [5.74, 6) is 1.24. The molecule has 2 atom stereocenters. The van der Waals surface area contributed by atoms with Crippen molar-refractivity contribution in [3.8, 4) is 0 Å². The van der Waals surface area contributed by atoms with E-state index < -0.39 is 0 Å². The van der Waals surface area contributed by atoms with Crippen molar-refractivity contribution in [3.05, 3.63) is 34.9 Å². The van der Waals surface area contributed by atoms with Crippen LogP contribution in [-0.4, -0.2) is 56.0 Å². The molecule has 0 aliphatic carbocycles. The predicted octanol–water partition coefficient (Wildman–Crippen LogP) is 3.81. The summed E-state index contributed by atoms with van der Waals surface area (Å²) in [4.78, 5) is 19.1. The first-order valence-corrected chi connectivity index (χ1v) is 11.1. The van der Waals surface area contributed by atoms with Crippen molar-refractivity contribution in [2.24, 2.45) is 10.9 Å². The van der Waals surface area contributed by atoms with Crippen LogP contribution in [0.4, 0.5) is 0 Å². The molecule has 1 amide bonds. The van der Waals surface area contributed by atoms with Gasteiger partial charge in [-0.15, -0.1) is 24.0 Å². The van der Waals surface area contributed by atoms with Crippen molar-refractivity contribution >= 4 is 47.4 Å². The van der Waals surface area contributed by atoms with Gasteiger partial charge in [0.05, 0.1) is 0 Å². The van der Waals surface area contributed by atoms with Crippen LogP contribution in [0.1, 0.15) is 51.6 Å². The molecule has 8 heteroatoms. The third-order valence-corrected chi connectivity index (χ3v) is 5.35. The van der Waals surface area contributed by atoms with Gasteiger partial charge in [0.25, 0.3) is 0 Å². The lowest BCUT2D eigenvalue weighted by Crippen LogP contribution is -2.41. The van der Waals surface area contributed by atoms with E-state index in [1.807, 2.05) is 32.9 Å². The SMILES string of the molecule is CCNC(=NCC1CCCN(C)C1c1cccc(Cl)c1)NCCC(=O)NC(C)C.I. The van der Waals surface area contributed by atoms with Gasteiger partial charge < -0.3 is 16.0 Å². The van der Waals surface area contributed by atoms with Gasteiger partial charge in [-0.2, -0.15) is 0 Å². The lowest BCUT2D eigenvalue weighted by atomic mass is 9.85. The number of hydrogen-bond acceptors (Lipinski definition) is 3. The molecule has 2 rings (SSSR count).